The van der Waals surface area contributed by atoms with Crippen LogP contribution < -0.4 is 5.48 Å². The number of hydrogen-bond donors (Lipinski definition) is 1. The van der Waals surface area contributed by atoms with Crippen molar-refractivity contribution in [2.75, 3.05) is 5.48 Å². The Morgan fingerprint density at radius 2 is 2.00 bits per heavy atom. The molecule has 0 unspecified atom stereocenters. The first-order chi connectivity index (χ1) is 6.59. The topological polar surface area (TPSA) is 81.5 Å². The molecule has 0 fully saturated rings. The number of nitro groups is 1. The number of nitro benzene ring substituents is 1. The van der Waals surface area contributed by atoms with Crippen molar-refractivity contribution >= 4 is 28.4 Å². The molecule has 1 rings (SSSR count). The summed E-state index contributed by atoms with van der Waals surface area (Å²) in [7, 11) is 0. The average molecular weight is 217 g/mol. The van der Waals surface area contributed by atoms with Gasteiger partial charge in [-0.3, -0.25) is 10.1 Å². The van der Waals surface area contributed by atoms with Crippen LogP contribution >= 0.6 is 11.6 Å². The third-order valence-electron chi connectivity index (χ3n) is 1.33. The number of halogens is 1. The van der Waals surface area contributed by atoms with Crippen molar-refractivity contribution in [1.29, 1.82) is 0 Å². The van der Waals surface area contributed by atoms with Crippen molar-refractivity contribution in [3.05, 3.63) is 34.4 Å². The van der Waals surface area contributed by atoms with Gasteiger partial charge in [-0.2, -0.15) is 0 Å². The Morgan fingerprint density at radius 1 is 1.43 bits per heavy atom. The zero-order chi connectivity index (χ0) is 10.6. The fourth-order valence-electron chi connectivity index (χ4n) is 0.750. The molecule has 14 heavy (non-hydrogen) atoms. The summed E-state index contributed by atoms with van der Waals surface area (Å²) in [6.45, 7) is 0. The summed E-state index contributed by atoms with van der Waals surface area (Å²) in [4.78, 5) is 24.1. The van der Waals surface area contributed by atoms with Gasteiger partial charge in [0.2, 0.25) is 0 Å². The molecule has 1 N–H and O–H groups in total. The lowest BCUT2D eigenvalue weighted by atomic mass is 10.3. The van der Waals surface area contributed by atoms with Crippen LogP contribution in [0.25, 0.3) is 0 Å². The molecule has 0 atom stereocenters. The maximum absolute atomic E-state index is 10.3. The van der Waals surface area contributed by atoms with Crippen LogP contribution in [0.2, 0.25) is 0 Å². The van der Waals surface area contributed by atoms with Gasteiger partial charge in [-0.25, -0.2) is 10.3 Å². The maximum atomic E-state index is 10.3. The predicted molar refractivity (Wildman–Crippen MR) is 49.1 cm³/mol. The molecule has 0 heterocycles. The highest BCUT2D eigenvalue weighted by atomic mass is 35.5. The van der Waals surface area contributed by atoms with Gasteiger partial charge in [0.25, 0.3) is 5.69 Å². The quantitative estimate of drug-likeness (QED) is 0.476. The largest absolute Gasteiger partial charge is 0.427 e. The molecule has 74 valence electrons. The van der Waals surface area contributed by atoms with Gasteiger partial charge in [0.1, 0.15) is 0 Å². The number of nitrogens with zero attached hydrogens (tertiary/aromatic N) is 1. The number of nitrogens with one attached hydrogen (secondary N) is 1. The van der Waals surface area contributed by atoms with E-state index in [9.17, 15) is 14.9 Å². The summed E-state index contributed by atoms with van der Waals surface area (Å²) < 4.78 is 0. The van der Waals surface area contributed by atoms with Gasteiger partial charge in [0, 0.05) is 23.7 Å². The third kappa shape index (κ3) is 2.91. The standard InChI is InChI=1S/C7H5ClN2O4/c8-7(11)14-9-5-1-3-6(4-2-5)10(12)13/h1-4,9H. The first-order valence-corrected chi connectivity index (χ1v) is 3.84. The number of carbonyl (C=O) groups excluding carboxylic acids is 1. The van der Waals surface area contributed by atoms with Crippen molar-refractivity contribution in [2.24, 2.45) is 0 Å². The maximum Gasteiger partial charge on any atom is 0.427 e. The van der Waals surface area contributed by atoms with Gasteiger partial charge in [-0.1, -0.05) is 0 Å². The minimum Gasteiger partial charge on any atom is -0.329 e. The van der Waals surface area contributed by atoms with Crippen LogP contribution in [0.15, 0.2) is 24.3 Å². The van der Waals surface area contributed by atoms with Crippen molar-refractivity contribution < 1.29 is 14.6 Å². The average Bonchev–Trinajstić information content (AvgIpc) is 2.15. The van der Waals surface area contributed by atoms with Crippen LogP contribution in [0.3, 0.4) is 0 Å². The van der Waals surface area contributed by atoms with E-state index in [0.29, 0.717) is 5.69 Å². The molecule has 0 aliphatic carbocycles. The Hall–Kier alpha value is -1.82. The Balaban J connectivity index is 2.64. The lowest BCUT2D eigenvalue weighted by Crippen LogP contribution is -2.02. The monoisotopic (exact) mass is 216 g/mol. The van der Waals surface area contributed by atoms with E-state index in [2.05, 4.69) is 10.3 Å². The van der Waals surface area contributed by atoms with Gasteiger partial charge < -0.3 is 4.84 Å². The molecule has 0 radical (unpaired) electrons. The van der Waals surface area contributed by atoms with Gasteiger partial charge in [-0.15, -0.1) is 0 Å². The molecule has 0 bridgehead atoms. The van der Waals surface area contributed by atoms with Crippen LogP contribution in [0.1, 0.15) is 0 Å². The molecule has 6 nitrogen and oxygen atoms in total. The van der Waals surface area contributed by atoms with Crippen LogP contribution in [0, 0.1) is 10.1 Å². The summed E-state index contributed by atoms with van der Waals surface area (Å²) in [6.07, 6.45) is 0. The molecule has 0 spiro atoms. The summed E-state index contributed by atoms with van der Waals surface area (Å²) in [5.74, 6) is 0. The SMILES string of the molecule is O=C(Cl)ONc1ccc([N+](=O)[O-])cc1. The van der Waals surface area contributed by atoms with Gasteiger partial charge in [-0.05, 0) is 12.1 Å². The van der Waals surface area contributed by atoms with E-state index in [0.717, 1.165) is 0 Å². The first kappa shape index (κ1) is 10.3. The second-order valence-electron chi connectivity index (χ2n) is 2.25. The Kier molecular flexibility index (Phi) is 3.24. The zero-order valence-electron chi connectivity index (χ0n) is 6.77. The number of carbonyl (C=O) groups is 1. The van der Waals surface area contributed by atoms with Crippen molar-refractivity contribution in [3.63, 3.8) is 0 Å². The van der Waals surface area contributed by atoms with E-state index in [-0.39, 0.29) is 5.69 Å². The number of non-ortho nitro benzene ring substituents is 1. The second-order valence-corrected chi connectivity index (χ2v) is 2.55. The van der Waals surface area contributed by atoms with Crippen molar-refractivity contribution in [1.82, 2.24) is 0 Å². The van der Waals surface area contributed by atoms with Gasteiger partial charge in [0.15, 0.2) is 0 Å². The van der Waals surface area contributed by atoms with Crippen LogP contribution in [-0.4, -0.2) is 10.4 Å². The van der Waals surface area contributed by atoms with E-state index >= 15 is 0 Å². The van der Waals surface area contributed by atoms with Crippen LogP contribution in [0.5, 0.6) is 0 Å². The summed E-state index contributed by atoms with van der Waals surface area (Å²) >= 11 is 4.88. The lowest BCUT2D eigenvalue weighted by Gasteiger charge is -2.02. The Morgan fingerprint density at radius 3 is 2.43 bits per heavy atom. The lowest BCUT2D eigenvalue weighted by molar-refractivity contribution is -0.384. The second kappa shape index (κ2) is 4.43. The van der Waals surface area contributed by atoms with E-state index in [1.807, 2.05) is 0 Å². The van der Waals surface area contributed by atoms with Crippen molar-refractivity contribution in [3.8, 4) is 0 Å². The van der Waals surface area contributed by atoms with Crippen LogP contribution in [-0.2, 0) is 4.84 Å². The molecule has 0 saturated heterocycles. The highest BCUT2D eigenvalue weighted by Gasteiger charge is 2.04. The minimum atomic E-state index is -1.01. The first-order valence-electron chi connectivity index (χ1n) is 3.46. The number of benzene rings is 1. The van der Waals surface area contributed by atoms with Gasteiger partial charge in [0.05, 0.1) is 10.6 Å². The third-order valence-corrected chi connectivity index (χ3v) is 1.40. The molecule has 0 saturated carbocycles. The molecule has 7 heteroatoms. The molecule has 0 aliphatic heterocycles. The molecule has 1 aromatic carbocycles. The predicted octanol–water partition coefficient (Wildman–Crippen LogP) is 2.30. The molecular formula is C7H5ClN2O4. The van der Waals surface area contributed by atoms with Crippen molar-refractivity contribution in [2.45, 2.75) is 0 Å². The fourth-order valence-corrected chi connectivity index (χ4v) is 0.789. The smallest absolute Gasteiger partial charge is 0.329 e. The van der Waals surface area contributed by atoms with E-state index in [1.54, 1.807) is 0 Å². The Bertz CT molecular complexity index is 351. The summed E-state index contributed by atoms with van der Waals surface area (Å²) in [5, 5.41) is 10.3. The van der Waals surface area contributed by atoms with E-state index < -0.39 is 10.4 Å². The summed E-state index contributed by atoms with van der Waals surface area (Å²) in [5.41, 5.74) is 1.54. The summed E-state index contributed by atoms with van der Waals surface area (Å²) in [6, 6.07) is 5.31. The molecule has 0 amide bonds. The number of anilines is 1. The number of hydrogen-bond acceptors (Lipinski definition) is 5. The molecule has 1 aromatic rings. The van der Waals surface area contributed by atoms with Crippen LogP contribution in [0.4, 0.5) is 16.2 Å². The Labute approximate surface area is 83.5 Å². The molecular weight excluding hydrogens is 212 g/mol. The fraction of sp³-hybridized carbons (Fsp3) is 0. The normalized spacial score (nSPS) is 9.21. The molecule has 0 aliphatic rings. The molecule has 0 aromatic heterocycles. The van der Waals surface area contributed by atoms with E-state index in [4.69, 9.17) is 11.6 Å². The highest BCUT2D eigenvalue weighted by Crippen LogP contribution is 2.15. The number of rotatable bonds is 3. The zero-order valence-corrected chi connectivity index (χ0v) is 7.52. The minimum absolute atomic E-state index is 0.0484. The van der Waals surface area contributed by atoms with Gasteiger partial charge >= 0.3 is 5.43 Å². The highest BCUT2D eigenvalue weighted by molar-refractivity contribution is 6.61. The van der Waals surface area contributed by atoms with E-state index in [1.165, 1.54) is 24.3 Å².